The molecule has 0 heterocycles. The van der Waals surface area contributed by atoms with Gasteiger partial charge >= 0.3 is 0 Å². The Morgan fingerprint density at radius 3 is 2.50 bits per heavy atom. The van der Waals surface area contributed by atoms with Crippen LogP contribution in [0.5, 0.6) is 0 Å². The fourth-order valence-corrected chi connectivity index (χ4v) is 1.97. The zero-order valence-electron chi connectivity index (χ0n) is 10.7. The summed E-state index contributed by atoms with van der Waals surface area (Å²) < 4.78 is 5.36. The van der Waals surface area contributed by atoms with Gasteiger partial charge in [-0.05, 0) is 32.6 Å². The number of methoxy groups -OCH3 is 1. The van der Waals surface area contributed by atoms with Gasteiger partial charge in [0.15, 0.2) is 0 Å². The second-order valence-corrected chi connectivity index (χ2v) is 4.66. The molecule has 1 unspecified atom stereocenters. The van der Waals surface area contributed by atoms with E-state index in [0.29, 0.717) is 25.6 Å². The molecule has 0 radical (unpaired) electrons. The van der Waals surface area contributed by atoms with E-state index in [-0.39, 0.29) is 5.91 Å². The molecule has 0 saturated heterocycles. The molecule has 0 bridgehead atoms. The van der Waals surface area contributed by atoms with E-state index in [0.717, 1.165) is 12.8 Å². The van der Waals surface area contributed by atoms with E-state index in [2.05, 4.69) is 0 Å². The molecular weight excluding hydrogens is 204 g/mol. The van der Waals surface area contributed by atoms with Gasteiger partial charge in [-0.15, -0.1) is 0 Å². The normalized spacial score (nSPS) is 20.0. The molecule has 1 aliphatic rings. The van der Waals surface area contributed by atoms with Crippen LogP contribution < -0.4 is 5.73 Å². The molecule has 1 amide bonds. The molecule has 1 saturated carbocycles. The minimum absolute atomic E-state index is 0.0904. The van der Waals surface area contributed by atoms with Crippen molar-refractivity contribution in [3.05, 3.63) is 0 Å². The Kier molecular flexibility index (Phi) is 4.74. The fraction of sp³-hybridized carbons (Fsp3) is 0.917. The molecule has 0 aliphatic heterocycles. The molecule has 0 aromatic heterocycles. The van der Waals surface area contributed by atoms with Crippen molar-refractivity contribution in [2.24, 2.45) is 5.73 Å². The molecule has 1 rings (SSSR count). The Hall–Kier alpha value is -0.610. The van der Waals surface area contributed by atoms with Crippen LogP contribution in [0.4, 0.5) is 0 Å². The molecule has 4 heteroatoms. The molecule has 0 aromatic rings. The number of hydrogen-bond acceptors (Lipinski definition) is 3. The molecule has 1 aliphatic carbocycles. The van der Waals surface area contributed by atoms with E-state index in [1.807, 2.05) is 18.7 Å². The molecular formula is C12H24N2O2. The minimum Gasteiger partial charge on any atom is -0.369 e. The SMILES string of the molecule is CCC(C)(OC)C(=O)N(CCN)C1CCC1. The smallest absolute Gasteiger partial charge is 0.254 e. The first-order valence-corrected chi connectivity index (χ1v) is 6.15. The van der Waals surface area contributed by atoms with Gasteiger partial charge in [-0.25, -0.2) is 0 Å². The van der Waals surface area contributed by atoms with Crippen LogP contribution in [0.3, 0.4) is 0 Å². The molecule has 0 aromatic carbocycles. The third-order valence-electron chi connectivity index (χ3n) is 3.72. The van der Waals surface area contributed by atoms with Crippen LogP contribution in [-0.2, 0) is 9.53 Å². The van der Waals surface area contributed by atoms with E-state index in [1.54, 1.807) is 7.11 Å². The predicted molar refractivity (Wildman–Crippen MR) is 64.1 cm³/mol. The molecule has 2 N–H and O–H groups in total. The Bertz CT molecular complexity index is 235. The van der Waals surface area contributed by atoms with Crippen molar-refractivity contribution in [3.8, 4) is 0 Å². The minimum atomic E-state index is -0.690. The number of nitrogens with zero attached hydrogens (tertiary/aromatic N) is 1. The Morgan fingerprint density at radius 2 is 2.19 bits per heavy atom. The standard InChI is InChI=1S/C12H24N2O2/c1-4-12(2,16-3)11(15)14(9-8-13)10-6-5-7-10/h10H,4-9,13H2,1-3H3. The number of carbonyl (C=O) groups is 1. The highest BCUT2D eigenvalue weighted by Crippen LogP contribution is 2.28. The van der Waals surface area contributed by atoms with Gasteiger partial charge in [0.2, 0.25) is 0 Å². The highest BCUT2D eigenvalue weighted by Gasteiger charge is 2.39. The summed E-state index contributed by atoms with van der Waals surface area (Å²) in [5.74, 6) is 0.0904. The van der Waals surface area contributed by atoms with Gasteiger partial charge in [0, 0.05) is 26.2 Å². The van der Waals surface area contributed by atoms with Gasteiger partial charge < -0.3 is 15.4 Å². The molecule has 4 nitrogen and oxygen atoms in total. The summed E-state index contributed by atoms with van der Waals surface area (Å²) in [5.41, 5.74) is 4.89. The quantitative estimate of drug-likeness (QED) is 0.741. The Labute approximate surface area is 98.1 Å². The number of hydrogen-bond donors (Lipinski definition) is 1. The fourth-order valence-electron chi connectivity index (χ4n) is 1.97. The first-order chi connectivity index (χ1) is 7.59. The van der Waals surface area contributed by atoms with Crippen molar-refractivity contribution in [1.29, 1.82) is 0 Å². The van der Waals surface area contributed by atoms with E-state index in [9.17, 15) is 4.79 Å². The van der Waals surface area contributed by atoms with Crippen LogP contribution >= 0.6 is 0 Å². The van der Waals surface area contributed by atoms with E-state index < -0.39 is 5.60 Å². The van der Waals surface area contributed by atoms with Crippen molar-refractivity contribution in [3.63, 3.8) is 0 Å². The lowest BCUT2D eigenvalue weighted by atomic mass is 9.89. The Balaban J connectivity index is 2.72. The van der Waals surface area contributed by atoms with Crippen molar-refractivity contribution in [1.82, 2.24) is 4.90 Å². The third kappa shape index (κ3) is 2.55. The van der Waals surface area contributed by atoms with Gasteiger partial charge in [0.1, 0.15) is 5.60 Å². The summed E-state index contributed by atoms with van der Waals surface area (Å²) in [6.45, 7) is 4.99. The van der Waals surface area contributed by atoms with Crippen LogP contribution in [0.2, 0.25) is 0 Å². The van der Waals surface area contributed by atoms with Crippen molar-refractivity contribution in [2.45, 2.75) is 51.2 Å². The van der Waals surface area contributed by atoms with E-state index in [4.69, 9.17) is 10.5 Å². The van der Waals surface area contributed by atoms with Gasteiger partial charge in [0.05, 0.1) is 0 Å². The van der Waals surface area contributed by atoms with Crippen LogP contribution in [-0.4, -0.2) is 42.6 Å². The molecule has 1 atom stereocenters. The van der Waals surface area contributed by atoms with Gasteiger partial charge in [-0.3, -0.25) is 4.79 Å². The monoisotopic (exact) mass is 228 g/mol. The zero-order valence-corrected chi connectivity index (χ0v) is 10.7. The number of amides is 1. The lowest BCUT2D eigenvalue weighted by Crippen LogP contribution is -2.55. The number of carbonyl (C=O) groups excluding carboxylic acids is 1. The number of nitrogens with two attached hydrogens (primary N) is 1. The molecule has 0 spiro atoms. The summed E-state index contributed by atoms with van der Waals surface area (Å²) in [7, 11) is 1.60. The highest BCUT2D eigenvalue weighted by atomic mass is 16.5. The van der Waals surface area contributed by atoms with Crippen molar-refractivity contribution in [2.75, 3.05) is 20.2 Å². The summed E-state index contributed by atoms with van der Waals surface area (Å²) in [5, 5.41) is 0. The van der Waals surface area contributed by atoms with Crippen LogP contribution in [0.1, 0.15) is 39.5 Å². The maximum absolute atomic E-state index is 12.4. The first kappa shape index (κ1) is 13.5. The van der Waals surface area contributed by atoms with Crippen LogP contribution in [0.25, 0.3) is 0 Å². The predicted octanol–water partition coefficient (Wildman–Crippen LogP) is 1.14. The topological polar surface area (TPSA) is 55.6 Å². The number of ether oxygens (including phenoxy) is 1. The summed E-state index contributed by atoms with van der Waals surface area (Å²) in [6.07, 6.45) is 4.12. The molecule has 1 fully saturated rings. The molecule has 16 heavy (non-hydrogen) atoms. The maximum Gasteiger partial charge on any atom is 0.254 e. The summed E-state index contributed by atoms with van der Waals surface area (Å²) >= 11 is 0. The first-order valence-electron chi connectivity index (χ1n) is 6.15. The van der Waals surface area contributed by atoms with Crippen molar-refractivity contribution >= 4 is 5.91 Å². The summed E-state index contributed by atoms with van der Waals surface area (Å²) in [4.78, 5) is 14.3. The maximum atomic E-state index is 12.4. The van der Waals surface area contributed by atoms with Gasteiger partial charge in [-0.2, -0.15) is 0 Å². The second-order valence-electron chi connectivity index (χ2n) is 4.66. The largest absolute Gasteiger partial charge is 0.369 e. The lowest BCUT2D eigenvalue weighted by Gasteiger charge is -2.41. The van der Waals surface area contributed by atoms with Gasteiger partial charge in [0.25, 0.3) is 5.91 Å². The highest BCUT2D eigenvalue weighted by molar-refractivity contribution is 5.85. The van der Waals surface area contributed by atoms with E-state index in [1.165, 1.54) is 6.42 Å². The summed E-state index contributed by atoms with van der Waals surface area (Å²) in [6, 6.07) is 0.386. The van der Waals surface area contributed by atoms with Gasteiger partial charge in [-0.1, -0.05) is 6.92 Å². The van der Waals surface area contributed by atoms with Crippen molar-refractivity contribution < 1.29 is 9.53 Å². The second kappa shape index (κ2) is 5.64. The van der Waals surface area contributed by atoms with Crippen LogP contribution in [0.15, 0.2) is 0 Å². The van der Waals surface area contributed by atoms with Crippen LogP contribution in [0, 0.1) is 0 Å². The third-order valence-corrected chi connectivity index (χ3v) is 3.72. The average molecular weight is 228 g/mol. The lowest BCUT2D eigenvalue weighted by molar-refractivity contribution is -0.157. The average Bonchev–Trinajstić information content (AvgIpc) is 2.24. The number of rotatable bonds is 6. The Morgan fingerprint density at radius 1 is 1.56 bits per heavy atom. The van der Waals surface area contributed by atoms with E-state index >= 15 is 0 Å². The zero-order chi connectivity index (χ0) is 12.2. The molecule has 94 valence electrons.